The Hall–Kier alpha value is -0.360. The first kappa shape index (κ1) is 18.4. The molecule has 0 fully saturated rings. The Morgan fingerprint density at radius 2 is 1.58 bits per heavy atom. The number of rotatable bonds is 8. The first-order chi connectivity index (χ1) is 11.9. The summed E-state index contributed by atoms with van der Waals surface area (Å²) in [5.41, 5.74) is 1.28. The summed E-state index contributed by atoms with van der Waals surface area (Å²) in [6.07, 6.45) is 6.38. The average Bonchev–Trinajstić information content (AvgIpc) is 3.29. The fourth-order valence-corrected chi connectivity index (χ4v) is 6.87. The standard InChI is InChI=1S/C19H22OS4/c1-2-3-4-5-6-11-20-16-9-7-15(8-10-16)17-14-23-19(24-17)18-21-12-13-22-18/h7-10,12-14H,2-6,11H2,1H3. The van der Waals surface area contributed by atoms with Gasteiger partial charge in [-0.25, -0.2) is 0 Å². The molecular weight excluding hydrogens is 372 g/mol. The molecule has 0 atom stereocenters. The molecule has 1 aromatic rings. The van der Waals surface area contributed by atoms with Crippen LogP contribution >= 0.6 is 47.0 Å². The fourth-order valence-electron chi connectivity index (χ4n) is 2.39. The first-order valence-corrected chi connectivity index (χ1v) is 11.8. The molecule has 5 heteroatoms. The normalized spacial score (nSPS) is 16.8. The average molecular weight is 395 g/mol. The van der Waals surface area contributed by atoms with Gasteiger partial charge in [0.25, 0.3) is 0 Å². The maximum atomic E-state index is 5.85. The van der Waals surface area contributed by atoms with Gasteiger partial charge in [0.15, 0.2) is 0 Å². The summed E-state index contributed by atoms with van der Waals surface area (Å²) in [6.45, 7) is 3.07. The smallest absolute Gasteiger partial charge is 0.119 e. The van der Waals surface area contributed by atoms with Gasteiger partial charge >= 0.3 is 0 Å². The second kappa shape index (κ2) is 9.95. The van der Waals surface area contributed by atoms with E-state index in [0.717, 1.165) is 18.8 Å². The zero-order valence-corrected chi connectivity index (χ0v) is 17.1. The van der Waals surface area contributed by atoms with E-state index in [-0.39, 0.29) is 0 Å². The Kier molecular flexibility index (Phi) is 7.64. The van der Waals surface area contributed by atoms with Crippen LogP contribution in [0.5, 0.6) is 5.75 Å². The monoisotopic (exact) mass is 394 g/mol. The summed E-state index contributed by atoms with van der Waals surface area (Å²) in [4.78, 5) is 1.33. The highest BCUT2D eigenvalue weighted by Gasteiger charge is 2.19. The van der Waals surface area contributed by atoms with Crippen molar-refractivity contribution in [2.24, 2.45) is 0 Å². The lowest BCUT2D eigenvalue weighted by atomic mass is 10.2. The van der Waals surface area contributed by atoms with Crippen molar-refractivity contribution in [3.8, 4) is 5.75 Å². The molecule has 0 saturated heterocycles. The van der Waals surface area contributed by atoms with E-state index < -0.39 is 0 Å². The molecule has 1 nitrogen and oxygen atoms in total. The Morgan fingerprint density at radius 3 is 2.33 bits per heavy atom. The van der Waals surface area contributed by atoms with Gasteiger partial charge in [0.05, 0.1) is 15.1 Å². The minimum absolute atomic E-state index is 0.827. The molecular formula is C19H22OS4. The molecule has 0 unspecified atom stereocenters. The fraction of sp³-hybridized carbons (Fsp3) is 0.368. The Balaban J connectivity index is 1.46. The van der Waals surface area contributed by atoms with E-state index in [1.54, 1.807) is 0 Å². The topological polar surface area (TPSA) is 9.23 Å². The van der Waals surface area contributed by atoms with Crippen LogP contribution in [0, 0.1) is 0 Å². The summed E-state index contributed by atoms with van der Waals surface area (Å²) >= 11 is 7.36. The van der Waals surface area contributed by atoms with Gasteiger partial charge in [-0.15, -0.1) is 0 Å². The number of hydrogen-bond acceptors (Lipinski definition) is 5. The first-order valence-electron chi connectivity index (χ1n) is 8.37. The highest BCUT2D eigenvalue weighted by Crippen LogP contribution is 2.55. The molecule has 2 heterocycles. The van der Waals surface area contributed by atoms with Gasteiger partial charge in [-0.3, -0.25) is 0 Å². The maximum Gasteiger partial charge on any atom is 0.119 e. The van der Waals surface area contributed by atoms with Crippen molar-refractivity contribution in [3.63, 3.8) is 0 Å². The van der Waals surface area contributed by atoms with Crippen LogP contribution < -0.4 is 4.74 Å². The van der Waals surface area contributed by atoms with Gasteiger partial charge in [-0.05, 0) is 40.3 Å². The van der Waals surface area contributed by atoms with Crippen molar-refractivity contribution in [1.29, 1.82) is 0 Å². The van der Waals surface area contributed by atoms with Crippen molar-refractivity contribution in [1.82, 2.24) is 0 Å². The Bertz CT molecular complexity index is 621. The van der Waals surface area contributed by atoms with Crippen LogP contribution in [-0.4, -0.2) is 6.61 Å². The second-order valence-corrected chi connectivity index (χ2v) is 9.85. The molecule has 2 aliphatic rings. The van der Waals surface area contributed by atoms with Crippen LogP contribution in [-0.2, 0) is 0 Å². The molecule has 128 valence electrons. The van der Waals surface area contributed by atoms with E-state index >= 15 is 0 Å². The van der Waals surface area contributed by atoms with Crippen LogP contribution in [0.2, 0.25) is 0 Å². The lowest BCUT2D eigenvalue weighted by Gasteiger charge is -2.08. The summed E-state index contributed by atoms with van der Waals surface area (Å²) in [6, 6.07) is 8.54. The summed E-state index contributed by atoms with van der Waals surface area (Å²) in [7, 11) is 0. The Morgan fingerprint density at radius 1 is 0.833 bits per heavy atom. The molecule has 0 aliphatic carbocycles. The number of unbranched alkanes of at least 4 members (excludes halogenated alkanes) is 4. The lowest BCUT2D eigenvalue weighted by Crippen LogP contribution is -1.97. The molecule has 0 spiro atoms. The van der Waals surface area contributed by atoms with E-state index in [1.165, 1.54) is 44.6 Å². The number of thioether (sulfide) groups is 4. The van der Waals surface area contributed by atoms with Crippen LogP contribution in [0.25, 0.3) is 4.91 Å². The van der Waals surface area contributed by atoms with Crippen LogP contribution in [0.4, 0.5) is 0 Å². The summed E-state index contributed by atoms with van der Waals surface area (Å²) in [5.74, 6) is 0.982. The Labute approximate surface area is 162 Å². The number of ether oxygens (including phenoxy) is 1. The molecule has 0 bridgehead atoms. The molecule has 24 heavy (non-hydrogen) atoms. The molecule has 1 aromatic carbocycles. The molecule has 0 radical (unpaired) electrons. The molecule has 0 aromatic heterocycles. The van der Waals surface area contributed by atoms with Gasteiger partial charge in [-0.1, -0.05) is 91.8 Å². The number of hydrogen-bond donors (Lipinski definition) is 0. The maximum absolute atomic E-state index is 5.85. The number of benzene rings is 1. The quantitative estimate of drug-likeness (QED) is 0.413. The zero-order valence-electron chi connectivity index (χ0n) is 13.8. The van der Waals surface area contributed by atoms with Crippen LogP contribution in [0.1, 0.15) is 44.6 Å². The third-order valence-corrected chi connectivity index (χ3v) is 8.77. The van der Waals surface area contributed by atoms with Crippen molar-refractivity contribution in [2.45, 2.75) is 39.0 Å². The SMILES string of the molecule is CCCCCCCOc1ccc(C2=CSC(=C3SC=CS3)S2)cc1. The highest BCUT2D eigenvalue weighted by molar-refractivity contribution is 8.35. The van der Waals surface area contributed by atoms with Gasteiger partial charge < -0.3 is 4.74 Å². The van der Waals surface area contributed by atoms with E-state index in [0.29, 0.717) is 0 Å². The lowest BCUT2D eigenvalue weighted by molar-refractivity contribution is 0.304. The van der Waals surface area contributed by atoms with E-state index in [2.05, 4.69) is 47.4 Å². The van der Waals surface area contributed by atoms with Crippen LogP contribution in [0.3, 0.4) is 0 Å². The predicted octanol–water partition coefficient (Wildman–Crippen LogP) is 7.89. The minimum atomic E-state index is 0.827. The third-order valence-electron chi connectivity index (χ3n) is 3.70. The molecule has 0 amide bonds. The highest BCUT2D eigenvalue weighted by atomic mass is 32.2. The molecule has 3 rings (SSSR count). The second-order valence-electron chi connectivity index (χ2n) is 5.57. The van der Waals surface area contributed by atoms with Gasteiger partial charge in [0.2, 0.25) is 0 Å². The van der Waals surface area contributed by atoms with Gasteiger partial charge in [0.1, 0.15) is 5.75 Å². The van der Waals surface area contributed by atoms with Gasteiger partial charge in [0, 0.05) is 4.91 Å². The predicted molar refractivity (Wildman–Crippen MR) is 115 cm³/mol. The summed E-state index contributed by atoms with van der Waals surface area (Å²) in [5, 5.41) is 6.57. The zero-order chi connectivity index (χ0) is 16.6. The van der Waals surface area contributed by atoms with Gasteiger partial charge in [-0.2, -0.15) is 0 Å². The molecule has 0 saturated carbocycles. The molecule has 2 aliphatic heterocycles. The van der Waals surface area contributed by atoms with Crippen molar-refractivity contribution in [2.75, 3.05) is 6.61 Å². The van der Waals surface area contributed by atoms with Crippen molar-refractivity contribution in [3.05, 3.63) is 54.5 Å². The third kappa shape index (κ3) is 5.32. The van der Waals surface area contributed by atoms with E-state index in [1.807, 2.05) is 47.0 Å². The van der Waals surface area contributed by atoms with Crippen molar-refractivity contribution < 1.29 is 4.74 Å². The van der Waals surface area contributed by atoms with E-state index in [9.17, 15) is 0 Å². The summed E-state index contributed by atoms with van der Waals surface area (Å²) < 4.78 is 8.65. The van der Waals surface area contributed by atoms with E-state index in [4.69, 9.17) is 4.74 Å². The van der Waals surface area contributed by atoms with Crippen molar-refractivity contribution >= 4 is 52.0 Å². The van der Waals surface area contributed by atoms with Crippen LogP contribution in [0.15, 0.2) is 49.0 Å². The largest absolute Gasteiger partial charge is 0.494 e. The minimum Gasteiger partial charge on any atom is -0.494 e. The molecule has 0 N–H and O–H groups in total.